The van der Waals surface area contributed by atoms with Gasteiger partial charge in [-0.15, -0.1) is 5.10 Å². The van der Waals surface area contributed by atoms with Gasteiger partial charge in [0.2, 0.25) is 11.7 Å². The molecule has 1 spiro atoms. The Hall–Kier alpha value is -1.96. The van der Waals surface area contributed by atoms with Crippen molar-refractivity contribution in [1.29, 1.82) is 0 Å². The summed E-state index contributed by atoms with van der Waals surface area (Å²) < 4.78 is 6.65. The van der Waals surface area contributed by atoms with Crippen LogP contribution in [0.15, 0.2) is 6.33 Å². The highest BCUT2D eigenvalue weighted by atomic mass is 16.5. The van der Waals surface area contributed by atoms with E-state index in [-0.39, 0.29) is 23.1 Å². The van der Waals surface area contributed by atoms with E-state index in [2.05, 4.69) is 10.1 Å². The minimum absolute atomic E-state index is 0.103. The Labute approximate surface area is 141 Å². The Morgan fingerprint density at radius 2 is 2.08 bits per heavy atom. The summed E-state index contributed by atoms with van der Waals surface area (Å²) in [6.07, 6.45) is 4.89. The second-order valence-electron chi connectivity index (χ2n) is 6.84. The number of carbonyl (C=O) groups excluding carboxylic acids is 2. The fourth-order valence-electron chi connectivity index (χ4n) is 3.68. The minimum atomic E-state index is -0.103. The van der Waals surface area contributed by atoms with Gasteiger partial charge in [0, 0.05) is 46.8 Å². The second-order valence-corrected chi connectivity index (χ2v) is 6.84. The third-order valence-electron chi connectivity index (χ3n) is 5.22. The largest absolute Gasteiger partial charge is 0.383 e. The van der Waals surface area contributed by atoms with Crippen molar-refractivity contribution >= 4 is 11.8 Å². The summed E-state index contributed by atoms with van der Waals surface area (Å²) in [7, 11) is 3.41. The van der Waals surface area contributed by atoms with Crippen molar-refractivity contribution in [3.8, 4) is 0 Å². The monoisotopic (exact) mass is 335 g/mol. The molecule has 132 valence electrons. The summed E-state index contributed by atoms with van der Waals surface area (Å²) in [5.74, 6) is 0.372. The Kier molecular flexibility index (Phi) is 4.84. The number of carbonyl (C=O) groups is 2. The van der Waals surface area contributed by atoms with Crippen LogP contribution in [0.25, 0.3) is 0 Å². The molecule has 0 saturated carbocycles. The zero-order valence-corrected chi connectivity index (χ0v) is 14.4. The van der Waals surface area contributed by atoms with Crippen molar-refractivity contribution < 1.29 is 14.3 Å². The van der Waals surface area contributed by atoms with E-state index in [1.807, 2.05) is 9.80 Å². The van der Waals surface area contributed by atoms with Crippen molar-refractivity contribution in [1.82, 2.24) is 24.6 Å². The van der Waals surface area contributed by atoms with Crippen LogP contribution < -0.4 is 0 Å². The molecule has 2 fully saturated rings. The fraction of sp³-hybridized carbons (Fsp3) is 0.750. The predicted octanol–water partition coefficient (Wildman–Crippen LogP) is 0.306. The highest BCUT2D eigenvalue weighted by Crippen LogP contribution is 2.40. The Bertz CT molecular complexity index is 607. The molecular formula is C16H25N5O3. The van der Waals surface area contributed by atoms with Crippen LogP contribution in [0.3, 0.4) is 0 Å². The number of hydrogen-bond acceptors (Lipinski definition) is 5. The van der Waals surface area contributed by atoms with Gasteiger partial charge in [-0.3, -0.25) is 14.3 Å². The van der Waals surface area contributed by atoms with E-state index in [0.717, 1.165) is 25.8 Å². The summed E-state index contributed by atoms with van der Waals surface area (Å²) in [6, 6.07) is 0. The number of ether oxygens (including phenoxy) is 1. The van der Waals surface area contributed by atoms with Crippen molar-refractivity contribution in [2.24, 2.45) is 12.5 Å². The van der Waals surface area contributed by atoms with Crippen LogP contribution in [0.2, 0.25) is 0 Å². The number of methoxy groups -OCH3 is 1. The van der Waals surface area contributed by atoms with E-state index in [1.165, 1.54) is 0 Å². The molecule has 0 aromatic carbocycles. The van der Waals surface area contributed by atoms with E-state index in [1.54, 1.807) is 25.2 Å². The average Bonchev–Trinajstić information content (AvgIpc) is 3.02. The van der Waals surface area contributed by atoms with Gasteiger partial charge in [0.1, 0.15) is 6.33 Å². The number of likely N-dealkylation sites (tertiary alicyclic amines) is 2. The molecule has 2 aliphatic rings. The molecule has 0 radical (unpaired) electrons. The van der Waals surface area contributed by atoms with Gasteiger partial charge in [-0.05, 0) is 24.7 Å². The predicted molar refractivity (Wildman–Crippen MR) is 86.3 cm³/mol. The first-order chi connectivity index (χ1) is 11.5. The third-order valence-corrected chi connectivity index (χ3v) is 5.22. The summed E-state index contributed by atoms with van der Waals surface area (Å²) in [4.78, 5) is 32.3. The molecule has 0 unspecified atom stereocenters. The maximum absolute atomic E-state index is 12.4. The van der Waals surface area contributed by atoms with E-state index in [0.29, 0.717) is 32.7 Å². The topological polar surface area (TPSA) is 80.6 Å². The number of nitrogens with zero attached hydrogens (tertiary/aromatic N) is 5. The van der Waals surface area contributed by atoms with Gasteiger partial charge in [-0.1, -0.05) is 0 Å². The van der Waals surface area contributed by atoms with Gasteiger partial charge < -0.3 is 14.5 Å². The van der Waals surface area contributed by atoms with Crippen molar-refractivity contribution in [3.05, 3.63) is 12.2 Å². The maximum Gasteiger partial charge on any atom is 0.293 e. The van der Waals surface area contributed by atoms with E-state index < -0.39 is 0 Å². The second kappa shape index (κ2) is 6.88. The van der Waals surface area contributed by atoms with E-state index >= 15 is 0 Å². The molecule has 1 aromatic rings. The highest BCUT2D eigenvalue weighted by molar-refractivity contribution is 5.90. The van der Waals surface area contributed by atoms with Gasteiger partial charge in [0.25, 0.3) is 5.91 Å². The highest BCUT2D eigenvalue weighted by Gasteiger charge is 2.41. The summed E-state index contributed by atoms with van der Waals surface area (Å²) in [6.45, 7) is 3.39. The Morgan fingerprint density at radius 1 is 1.33 bits per heavy atom. The van der Waals surface area contributed by atoms with E-state index in [9.17, 15) is 9.59 Å². The number of amides is 2. The Balaban J connectivity index is 1.59. The lowest BCUT2D eigenvalue weighted by Crippen LogP contribution is -2.53. The molecule has 8 heteroatoms. The van der Waals surface area contributed by atoms with Gasteiger partial charge in [-0.2, -0.15) is 0 Å². The average molecular weight is 335 g/mol. The zero-order chi connectivity index (χ0) is 17.2. The molecule has 2 amide bonds. The molecule has 8 nitrogen and oxygen atoms in total. The van der Waals surface area contributed by atoms with Crippen LogP contribution in [-0.2, 0) is 16.6 Å². The van der Waals surface area contributed by atoms with Crippen LogP contribution >= 0.6 is 0 Å². The van der Waals surface area contributed by atoms with Gasteiger partial charge in [0.15, 0.2) is 0 Å². The maximum atomic E-state index is 12.4. The number of aryl methyl sites for hydroxylation is 1. The fourth-order valence-corrected chi connectivity index (χ4v) is 3.68. The van der Waals surface area contributed by atoms with Crippen LogP contribution in [0.1, 0.15) is 36.3 Å². The quantitative estimate of drug-likeness (QED) is 0.791. The molecule has 0 aliphatic carbocycles. The normalized spacial score (nSPS) is 20.7. The van der Waals surface area contributed by atoms with Crippen LogP contribution in [-0.4, -0.2) is 76.3 Å². The summed E-state index contributed by atoms with van der Waals surface area (Å²) in [5, 5.41) is 4.09. The van der Waals surface area contributed by atoms with Crippen LogP contribution in [0.4, 0.5) is 0 Å². The van der Waals surface area contributed by atoms with Gasteiger partial charge in [-0.25, -0.2) is 4.98 Å². The lowest BCUT2D eigenvalue weighted by molar-refractivity contribution is -0.139. The minimum Gasteiger partial charge on any atom is -0.383 e. The molecule has 3 rings (SSSR count). The van der Waals surface area contributed by atoms with Gasteiger partial charge in [0.05, 0.1) is 6.61 Å². The molecule has 0 N–H and O–H groups in total. The number of rotatable bonds is 4. The SMILES string of the molecule is COCCN1CC2(CCC1=O)CCN(C(=O)c1ncn(C)n1)CC2. The molecule has 0 atom stereocenters. The molecule has 0 bridgehead atoms. The van der Waals surface area contributed by atoms with Crippen LogP contribution in [0.5, 0.6) is 0 Å². The molecular weight excluding hydrogens is 310 g/mol. The number of aromatic nitrogens is 3. The Morgan fingerprint density at radius 3 is 2.71 bits per heavy atom. The first-order valence-electron chi connectivity index (χ1n) is 8.45. The summed E-state index contributed by atoms with van der Waals surface area (Å²) >= 11 is 0. The molecule has 1 aromatic heterocycles. The zero-order valence-electron chi connectivity index (χ0n) is 14.4. The lowest BCUT2D eigenvalue weighted by Gasteiger charge is -2.47. The molecule has 24 heavy (non-hydrogen) atoms. The van der Waals surface area contributed by atoms with Crippen molar-refractivity contribution in [2.75, 3.05) is 39.9 Å². The molecule has 2 saturated heterocycles. The van der Waals surface area contributed by atoms with Crippen molar-refractivity contribution in [2.45, 2.75) is 25.7 Å². The third kappa shape index (κ3) is 3.43. The first-order valence-corrected chi connectivity index (χ1v) is 8.45. The number of piperidine rings is 2. The van der Waals surface area contributed by atoms with Crippen LogP contribution in [0, 0.1) is 5.41 Å². The summed E-state index contributed by atoms with van der Waals surface area (Å²) in [5.41, 5.74) is 0.135. The standard InChI is InChI=1S/C16H25N5O3/c1-19-12-17-14(18-19)15(23)20-7-5-16(6-8-20)4-3-13(22)21(11-16)9-10-24-2/h12H,3-11H2,1-2H3. The first kappa shape index (κ1) is 16.9. The van der Waals surface area contributed by atoms with E-state index in [4.69, 9.17) is 4.74 Å². The lowest BCUT2D eigenvalue weighted by atomic mass is 9.72. The van der Waals surface area contributed by atoms with Crippen molar-refractivity contribution in [3.63, 3.8) is 0 Å². The van der Waals surface area contributed by atoms with Gasteiger partial charge >= 0.3 is 0 Å². The number of hydrogen-bond donors (Lipinski definition) is 0. The molecule has 3 heterocycles. The smallest absolute Gasteiger partial charge is 0.293 e. The molecule has 2 aliphatic heterocycles.